The van der Waals surface area contributed by atoms with Crippen LogP contribution in [0.3, 0.4) is 0 Å². The van der Waals surface area contributed by atoms with Gasteiger partial charge in [-0.2, -0.15) is 0 Å². The molecule has 0 aromatic carbocycles. The molecule has 0 bridgehead atoms. The SMILES string of the molecule is CCCCC/C=C\C/C=C\C/C=C\C/C=C\CCCC(=O)O[C@H]1CC(C)(C)[C@]2(CC(=O)/C(C)=C/C=C/C(C)=C/C=C/C=C(C)/C=C/C=C(\C)C=C=C3C(C)(C)C[C@H](OC(=O)CCCCCCCCCCCCCCC)C[C@@]3(C)O)O[C@]2(C)C1. The number of aliphatic hydroxyl groups is 1. The van der Waals surface area contributed by atoms with Crippen LogP contribution in [0.15, 0.2) is 149 Å². The molecule has 2 saturated carbocycles. The second-order valence-corrected chi connectivity index (χ2v) is 26.2. The van der Waals surface area contributed by atoms with Gasteiger partial charge in [0.2, 0.25) is 0 Å². The van der Waals surface area contributed by atoms with Crippen LogP contribution >= 0.6 is 0 Å². The summed E-state index contributed by atoms with van der Waals surface area (Å²) in [7, 11) is 0. The smallest absolute Gasteiger partial charge is 0.306 e. The van der Waals surface area contributed by atoms with Crippen LogP contribution in [0.2, 0.25) is 0 Å². The van der Waals surface area contributed by atoms with E-state index in [9.17, 15) is 19.5 Å². The number of carbonyl (C=O) groups excluding carboxylic acids is 3. The Balaban J connectivity index is 1.37. The van der Waals surface area contributed by atoms with Gasteiger partial charge in [0.25, 0.3) is 0 Å². The molecule has 1 saturated heterocycles. The van der Waals surface area contributed by atoms with Crippen molar-refractivity contribution in [3.05, 3.63) is 149 Å². The van der Waals surface area contributed by atoms with Crippen LogP contribution in [0.5, 0.6) is 0 Å². The first-order valence-electron chi connectivity index (χ1n) is 32.7. The molecule has 1 aliphatic heterocycles. The predicted octanol–water partition coefficient (Wildman–Crippen LogP) is 20.9. The van der Waals surface area contributed by atoms with E-state index in [-0.39, 0.29) is 40.8 Å². The van der Waals surface area contributed by atoms with E-state index in [1.54, 1.807) is 0 Å². The predicted molar refractivity (Wildman–Crippen MR) is 351 cm³/mol. The number of carbonyl (C=O) groups is 3. The van der Waals surface area contributed by atoms with Crippen molar-refractivity contribution < 1.29 is 33.7 Å². The molecule has 2 aliphatic carbocycles. The zero-order chi connectivity index (χ0) is 61.0. The highest BCUT2D eigenvalue weighted by molar-refractivity contribution is 5.96. The normalized spacial score (nSPS) is 24.1. The summed E-state index contributed by atoms with van der Waals surface area (Å²) in [6.07, 6.45) is 68.6. The van der Waals surface area contributed by atoms with Crippen LogP contribution in [0.25, 0.3) is 0 Å². The van der Waals surface area contributed by atoms with E-state index < -0.39 is 16.8 Å². The number of ether oxygens (including phenoxy) is 3. The lowest BCUT2D eigenvalue weighted by molar-refractivity contribution is -0.156. The maximum absolute atomic E-state index is 13.6. The Morgan fingerprint density at radius 3 is 1.49 bits per heavy atom. The molecule has 1 heterocycles. The first-order chi connectivity index (χ1) is 39.6. The summed E-state index contributed by atoms with van der Waals surface area (Å²) in [4.78, 5) is 39.4. The lowest BCUT2D eigenvalue weighted by Gasteiger charge is -2.44. The summed E-state index contributed by atoms with van der Waals surface area (Å²) in [6, 6.07) is 0. The van der Waals surface area contributed by atoms with Crippen molar-refractivity contribution in [1.29, 1.82) is 0 Å². The van der Waals surface area contributed by atoms with Gasteiger partial charge < -0.3 is 19.3 Å². The number of ketones is 1. The molecule has 3 aliphatic rings. The van der Waals surface area contributed by atoms with Gasteiger partial charge in [-0.25, -0.2) is 0 Å². The highest BCUT2D eigenvalue weighted by atomic mass is 16.6. The van der Waals surface area contributed by atoms with Gasteiger partial charge in [0.1, 0.15) is 17.8 Å². The molecule has 1 N–H and O–H groups in total. The number of unbranched alkanes of at least 4 members (excludes halogenated alkanes) is 16. The third-order valence-corrected chi connectivity index (χ3v) is 17.1. The number of esters is 2. The van der Waals surface area contributed by atoms with Crippen LogP contribution in [-0.4, -0.2) is 51.8 Å². The number of hydrogen-bond acceptors (Lipinski definition) is 7. The molecule has 0 aromatic rings. The number of fused-ring (bicyclic) bond motifs is 1. The molecule has 5 atom stereocenters. The quantitative estimate of drug-likeness (QED) is 0.0124. The molecule has 7 nitrogen and oxygen atoms in total. The van der Waals surface area contributed by atoms with Crippen molar-refractivity contribution in [2.75, 3.05) is 0 Å². The van der Waals surface area contributed by atoms with Crippen molar-refractivity contribution in [2.45, 2.75) is 298 Å². The fourth-order valence-corrected chi connectivity index (χ4v) is 12.3. The Morgan fingerprint density at radius 2 is 0.976 bits per heavy atom. The topological polar surface area (TPSA) is 102 Å². The Morgan fingerprint density at radius 1 is 0.530 bits per heavy atom. The van der Waals surface area contributed by atoms with Crippen LogP contribution in [0, 0.1) is 10.8 Å². The third kappa shape index (κ3) is 28.3. The van der Waals surface area contributed by atoms with E-state index in [4.69, 9.17) is 14.2 Å². The maximum atomic E-state index is 13.6. The van der Waals surface area contributed by atoms with Crippen molar-refractivity contribution in [3.8, 4) is 0 Å². The third-order valence-electron chi connectivity index (χ3n) is 17.1. The first-order valence-corrected chi connectivity index (χ1v) is 32.7. The molecule has 0 aromatic heterocycles. The van der Waals surface area contributed by atoms with Gasteiger partial charge in [-0.05, 0) is 128 Å². The Kier molecular flexibility index (Phi) is 34.0. The Hall–Kier alpha value is -4.81. The minimum Gasteiger partial charge on any atom is -0.462 e. The van der Waals surface area contributed by atoms with Crippen LogP contribution in [-0.2, 0) is 28.6 Å². The average Bonchev–Trinajstić information content (AvgIpc) is 1.58. The van der Waals surface area contributed by atoms with Gasteiger partial charge in [0.15, 0.2) is 5.78 Å². The van der Waals surface area contributed by atoms with Crippen molar-refractivity contribution in [1.82, 2.24) is 0 Å². The number of hydrogen-bond donors (Lipinski definition) is 1. The molecule has 0 spiro atoms. The van der Waals surface area contributed by atoms with E-state index >= 15 is 0 Å². The monoisotopic (exact) mass is 1140 g/mol. The average molecular weight is 1140 g/mol. The number of epoxide rings is 1. The zero-order valence-electron chi connectivity index (χ0n) is 54.5. The number of rotatable bonds is 40. The minimum absolute atomic E-state index is 0.0669. The minimum atomic E-state index is -1.13. The molecule has 462 valence electrons. The molecule has 83 heavy (non-hydrogen) atoms. The molecular formula is C76H116O7. The highest BCUT2D eigenvalue weighted by Crippen LogP contribution is 2.67. The van der Waals surface area contributed by atoms with E-state index in [1.165, 1.54) is 96.3 Å². The summed E-state index contributed by atoms with van der Waals surface area (Å²) < 4.78 is 18.5. The molecular weight excluding hydrogens is 1020 g/mol. The Labute approximate surface area is 507 Å². The second kappa shape index (κ2) is 39.0. The van der Waals surface area contributed by atoms with E-state index in [1.807, 2.05) is 82.4 Å². The van der Waals surface area contributed by atoms with Gasteiger partial charge in [0, 0.05) is 43.1 Å². The van der Waals surface area contributed by atoms with E-state index in [2.05, 4.69) is 122 Å². The molecule has 7 heteroatoms. The lowest BCUT2D eigenvalue weighted by Crippen LogP contribution is -2.49. The fraction of sp³-hybridized carbons (Fsp3) is 0.632. The van der Waals surface area contributed by atoms with Crippen LogP contribution < -0.4 is 0 Å². The molecule has 3 rings (SSSR count). The summed E-state index contributed by atoms with van der Waals surface area (Å²) in [5, 5.41) is 11.6. The standard InChI is InChI=1S/C76H116O7/c1-13-15-17-19-21-23-25-27-28-29-30-32-34-36-38-40-42-54-71(79)82-67-58-73(9,10)76(75(12,60-67)83-76)61-68(77)65(6)52-46-51-63(4)48-44-43-47-62(3)49-45-50-64(5)55-56-69-72(7,8)57-66(59-74(69,11)80)81-70(78)53-41-39-37-35-33-31-26-24-22-20-18-16-14-2/h21,23,27-28,30,32,36,38,43-52,55,66-67,80H,13-20,22,24-26,29,31,33-35,37,39-42,53-54,57-61H2,1-12H3/b23-21-,28-27-,32-30-,38-36-,44-43+,49-45+,51-46+,62-47+,63-48+,64-50+,65-52+/t56?,66-,67-,74+,75+,76-/m0/s1. The van der Waals surface area contributed by atoms with Gasteiger partial charge in [-0.15, -0.1) is 5.73 Å². The molecule has 0 radical (unpaired) electrons. The molecule has 0 amide bonds. The first kappa shape index (κ1) is 72.4. The summed E-state index contributed by atoms with van der Waals surface area (Å²) >= 11 is 0. The lowest BCUT2D eigenvalue weighted by atomic mass is 9.61. The molecule has 0 unspecified atom stereocenters. The van der Waals surface area contributed by atoms with Gasteiger partial charge in [0.05, 0.1) is 11.2 Å². The van der Waals surface area contributed by atoms with E-state index in [0.29, 0.717) is 50.5 Å². The second-order valence-electron chi connectivity index (χ2n) is 26.2. The van der Waals surface area contributed by atoms with Gasteiger partial charge >= 0.3 is 11.9 Å². The summed E-state index contributed by atoms with van der Waals surface area (Å²) in [6.45, 7) is 24.9. The molecule has 3 fully saturated rings. The fourth-order valence-electron chi connectivity index (χ4n) is 12.3. The Bertz CT molecular complexity index is 2370. The number of Topliss-reactive ketones (excluding diaryl/α,β-unsaturated/α-hetero) is 1. The highest BCUT2D eigenvalue weighted by Gasteiger charge is 2.76. The van der Waals surface area contributed by atoms with Gasteiger partial charge in [-0.1, -0.05) is 252 Å². The van der Waals surface area contributed by atoms with Crippen LogP contribution in [0.4, 0.5) is 0 Å². The summed E-state index contributed by atoms with van der Waals surface area (Å²) in [5.74, 6) is -0.246. The largest absolute Gasteiger partial charge is 0.462 e. The van der Waals surface area contributed by atoms with Crippen molar-refractivity contribution in [2.24, 2.45) is 10.8 Å². The van der Waals surface area contributed by atoms with Gasteiger partial charge in [-0.3, -0.25) is 14.4 Å². The van der Waals surface area contributed by atoms with E-state index in [0.717, 1.165) is 67.2 Å². The number of allylic oxidation sites excluding steroid dienone is 22. The van der Waals surface area contributed by atoms with Crippen LogP contribution in [0.1, 0.15) is 269 Å². The maximum Gasteiger partial charge on any atom is 0.306 e. The zero-order valence-corrected chi connectivity index (χ0v) is 54.5. The van der Waals surface area contributed by atoms with Crippen molar-refractivity contribution in [3.63, 3.8) is 0 Å². The van der Waals surface area contributed by atoms with Crippen molar-refractivity contribution >= 4 is 17.7 Å². The summed E-state index contributed by atoms with van der Waals surface area (Å²) in [5.41, 5.74) is 5.15.